The van der Waals surface area contributed by atoms with Gasteiger partial charge in [-0.05, 0) is 43.5 Å². The normalized spacial score (nSPS) is 11.0. The van der Waals surface area contributed by atoms with E-state index in [2.05, 4.69) is 20.4 Å². The molecule has 0 radical (unpaired) electrons. The topological polar surface area (TPSA) is 92.7 Å². The van der Waals surface area contributed by atoms with E-state index < -0.39 is 0 Å². The van der Waals surface area contributed by atoms with Crippen LogP contribution in [0.2, 0.25) is 0 Å². The Morgan fingerprint density at radius 3 is 2.71 bits per heavy atom. The Kier molecular flexibility index (Phi) is 4.16. The van der Waals surface area contributed by atoms with E-state index in [0.717, 1.165) is 22.5 Å². The molecule has 7 nitrogen and oxygen atoms in total. The molecule has 124 valence electrons. The summed E-state index contributed by atoms with van der Waals surface area (Å²) < 4.78 is 1.42. The number of amides is 1. The summed E-state index contributed by atoms with van der Waals surface area (Å²) in [5.74, 6) is -0.0814. The standard InChI is InChI=1S/C17H19N5O2/c1-10-13(4-5-14(23)20-12-6-8-18-9-7-12)11(2)19-16-15(10)17(24)22(3)21-16/h6-9H,4-5H2,1-3H3,(H,19,21)(H,18,20,23). The molecule has 24 heavy (non-hydrogen) atoms. The number of hydrogen-bond donors (Lipinski definition) is 2. The van der Waals surface area contributed by atoms with Crippen LogP contribution in [0.15, 0.2) is 29.3 Å². The first kappa shape index (κ1) is 15.9. The smallest absolute Gasteiger partial charge is 0.276 e. The molecule has 3 heterocycles. The van der Waals surface area contributed by atoms with Crippen LogP contribution >= 0.6 is 0 Å². The summed E-state index contributed by atoms with van der Waals surface area (Å²) in [4.78, 5) is 32.7. The van der Waals surface area contributed by atoms with Crippen LogP contribution in [0.1, 0.15) is 23.2 Å². The summed E-state index contributed by atoms with van der Waals surface area (Å²) >= 11 is 0. The quantitative estimate of drug-likeness (QED) is 0.765. The van der Waals surface area contributed by atoms with Crippen molar-refractivity contribution < 1.29 is 4.79 Å². The second-order valence-corrected chi connectivity index (χ2v) is 5.78. The van der Waals surface area contributed by atoms with Gasteiger partial charge in [-0.3, -0.25) is 24.4 Å². The summed E-state index contributed by atoms with van der Waals surface area (Å²) in [6.07, 6.45) is 4.11. The fourth-order valence-corrected chi connectivity index (χ4v) is 2.88. The molecule has 0 saturated heterocycles. The molecule has 0 spiro atoms. The lowest BCUT2D eigenvalue weighted by Gasteiger charge is -2.10. The molecule has 0 bridgehead atoms. The van der Waals surface area contributed by atoms with Crippen molar-refractivity contribution in [3.05, 3.63) is 51.7 Å². The molecule has 0 saturated carbocycles. The number of nitrogens with one attached hydrogen (secondary N) is 2. The second-order valence-electron chi connectivity index (χ2n) is 5.78. The molecule has 2 N–H and O–H groups in total. The van der Waals surface area contributed by atoms with E-state index in [1.165, 1.54) is 4.68 Å². The van der Waals surface area contributed by atoms with Crippen molar-refractivity contribution in [2.45, 2.75) is 26.7 Å². The van der Waals surface area contributed by atoms with Crippen molar-refractivity contribution >= 4 is 22.6 Å². The monoisotopic (exact) mass is 325 g/mol. The first-order valence-electron chi connectivity index (χ1n) is 7.72. The van der Waals surface area contributed by atoms with Gasteiger partial charge in [-0.25, -0.2) is 4.98 Å². The number of pyridine rings is 2. The number of aromatic nitrogens is 4. The van der Waals surface area contributed by atoms with Crippen molar-refractivity contribution in [3.8, 4) is 0 Å². The molecule has 3 aromatic heterocycles. The minimum Gasteiger partial charge on any atom is -0.326 e. The number of fused-ring (bicyclic) bond motifs is 1. The van der Waals surface area contributed by atoms with E-state index in [1.54, 1.807) is 31.6 Å². The summed E-state index contributed by atoms with van der Waals surface area (Å²) in [5, 5.41) is 6.36. The molecular weight excluding hydrogens is 306 g/mol. The van der Waals surface area contributed by atoms with Crippen molar-refractivity contribution in [1.29, 1.82) is 0 Å². The summed E-state index contributed by atoms with van der Waals surface area (Å²) in [7, 11) is 1.67. The Hall–Kier alpha value is -2.96. The average molecular weight is 325 g/mol. The molecule has 0 aliphatic carbocycles. The highest BCUT2D eigenvalue weighted by atomic mass is 16.1. The first-order chi connectivity index (χ1) is 11.5. The maximum atomic E-state index is 12.2. The number of anilines is 1. The van der Waals surface area contributed by atoms with Gasteiger partial charge in [-0.2, -0.15) is 0 Å². The molecule has 1 amide bonds. The highest BCUT2D eigenvalue weighted by Crippen LogP contribution is 2.20. The van der Waals surface area contributed by atoms with Crippen LogP contribution in [0.3, 0.4) is 0 Å². The minimum atomic E-state index is -0.0995. The zero-order chi connectivity index (χ0) is 17.3. The van der Waals surface area contributed by atoms with Crippen LogP contribution in [-0.2, 0) is 18.3 Å². The van der Waals surface area contributed by atoms with Gasteiger partial charge in [-0.1, -0.05) is 0 Å². The van der Waals surface area contributed by atoms with Crippen LogP contribution in [0.5, 0.6) is 0 Å². The Morgan fingerprint density at radius 2 is 2.00 bits per heavy atom. The predicted octanol–water partition coefficient (Wildman–Crippen LogP) is 1.84. The van der Waals surface area contributed by atoms with E-state index in [-0.39, 0.29) is 11.5 Å². The number of carbonyl (C=O) groups is 1. The van der Waals surface area contributed by atoms with Crippen molar-refractivity contribution in [2.75, 3.05) is 5.32 Å². The number of H-pyrrole nitrogens is 1. The Bertz CT molecular complexity index is 957. The molecule has 0 atom stereocenters. The largest absolute Gasteiger partial charge is 0.326 e. The number of aromatic amines is 1. The Balaban J connectivity index is 1.81. The minimum absolute atomic E-state index is 0.0814. The van der Waals surface area contributed by atoms with Gasteiger partial charge < -0.3 is 5.32 Å². The van der Waals surface area contributed by atoms with Crippen LogP contribution in [0.4, 0.5) is 5.69 Å². The van der Waals surface area contributed by atoms with Gasteiger partial charge in [0.15, 0.2) is 5.65 Å². The van der Waals surface area contributed by atoms with E-state index in [4.69, 9.17) is 0 Å². The predicted molar refractivity (Wildman–Crippen MR) is 92.0 cm³/mol. The first-order valence-corrected chi connectivity index (χ1v) is 7.72. The van der Waals surface area contributed by atoms with Crippen molar-refractivity contribution in [2.24, 2.45) is 7.05 Å². The molecule has 0 aromatic carbocycles. The van der Waals surface area contributed by atoms with Crippen LogP contribution < -0.4 is 10.9 Å². The van der Waals surface area contributed by atoms with Crippen molar-refractivity contribution in [1.82, 2.24) is 19.7 Å². The second kappa shape index (κ2) is 6.27. The highest BCUT2D eigenvalue weighted by Gasteiger charge is 2.15. The molecular formula is C17H19N5O2. The third kappa shape index (κ3) is 2.92. The fourth-order valence-electron chi connectivity index (χ4n) is 2.88. The molecule has 3 rings (SSSR count). The van der Waals surface area contributed by atoms with E-state index in [9.17, 15) is 9.59 Å². The van der Waals surface area contributed by atoms with Crippen LogP contribution in [0.25, 0.3) is 11.0 Å². The molecule has 0 fully saturated rings. The Labute approximate surface area is 138 Å². The molecule has 7 heteroatoms. The zero-order valence-electron chi connectivity index (χ0n) is 13.9. The lowest BCUT2D eigenvalue weighted by atomic mass is 10.0. The van der Waals surface area contributed by atoms with E-state index >= 15 is 0 Å². The molecule has 0 aliphatic heterocycles. The summed E-state index contributed by atoms with van der Waals surface area (Å²) in [6, 6.07) is 3.48. The SMILES string of the molecule is Cc1nc2[nH]n(C)c(=O)c2c(C)c1CCC(=O)Nc1ccncc1. The summed E-state index contributed by atoms with van der Waals surface area (Å²) in [6.45, 7) is 3.80. The zero-order valence-corrected chi connectivity index (χ0v) is 13.9. The molecule has 0 aliphatic rings. The number of rotatable bonds is 4. The van der Waals surface area contributed by atoms with E-state index in [0.29, 0.717) is 23.9 Å². The average Bonchev–Trinajstić information content (AvgIpc) is 2.82. The van der Waals surface area contributed by atoms with E-state index in [1.807, 2.05) is 13.8 Å². The molecule has 0 unspecified atom stereocenters. The van der Waals surface area contributed by atoms with Crippen molar-refractivity contribution in [3.63, 3.8) is 0 Å². The number of hydrogen-bond acceptors (Lipinski definition) is 4. The lowest BCUT2D eigenvalue weighted by Crippen LogP contribution is -2.14. The summed E-state index contributed by atoms with van der Waals surface area (Å²) in [5.41, 5.74) is 3.87. The van der Waals surface area contributed by atoms with Gasteiger partial charge in [0.2, 0.25) is 5.91 Å². The lowest BCUT2D eigenvalue weighted by molar-refractivity contribution is -0.116. The van der Waals surface area contributed by atoms with Gasteiger partial charge in [0.05, 0.1) is 5.39 Å². The molecule has 3 aromatic rings. The number of carbonyl (C=O) groups excluding carboxylic acids is 1. The third-order valence-corrected chi connectivity index (χ3v) is 4.14. The number of aryl methyl sites for hydroxylation is 3. The maximum Gasteiger partial charge on any atom is 0.276 e. The van der Waals surface area contributed by atoms with Gasteiger partial charge in [0.25, 0.3) is 5.56 Å². The van der Waals surface area contributed by atoms with Gasteiger partial charge in [-0.15, -0.1) is 0 Å². The van der Waals surface area contributed by atoms with Crippen LogP contribution in [-0.4, -0.2) is 25.7 Å². The Morgan fingerprint density at radius 1 is 1.29 bits per heavy atom. The highest BCUT2D eigenvalue weighted by molar-refractivity contribution is 5.91. The number of nitrogens with zero attached hydrogens (tertiary/aromatic N) is 3. The van der Waals surface area contributed by atoms with Crippen LogP contribution in [0, 0.1) is 13.8 Å². The van der Waals surface area contributed by atoms with Gasteiger partial charge >= 0.3 is 0 Å². The van der Waals surface area contributed by atoms with Gasteiger partial charge in [0, 0.05) is 37.2 Å². The fraction of sp³-hybridized carbons (Fsp3) is 0.294. The maximum absolute atomic E-state index is 12.2. The van der Waals surface area contributed by atoms with Gasteiger partial charge in [0.1, 0.15) is 0 Å². The third-order valence-electron chi connectivity index (χ3n) is 4.14.